The van der Waals surface area contributed by atoms with Crippen LogP contribution in [0.4, 0.5) is 10.4 Å². The summed E-state index contributed by atoms with van der Waals surface area (Å²) in [5, 5.41) is 3.27. The number of nitrogens with zero attached hydrogens (tertiary/aromatic N) is 4. The number of aromatic nitrogens is 3. The maximum atomic E-state index is 15.0. The van der Waals surface area contributed by atoms with E-state index in [0.29, 0.717) is 35.8 Å². The number of halogens is 1. The quantitative estimate of drug-likeness (QED) is 0.448. The second kappa shape index (κ2) is 9.21. The highest BCUT2D eigenvalue weighted by molar-refractivity contribution is 6.02. The highest BCUT2D eigenvalue weighted by Gasteiger charge is 2.35. The standard InChI is InChI=1S/C26H26FN5O2/c1-16-7-5-14-32(20(16)15-30-26-31-19-8-3-4-9-21(19)34-26)25(33)22-17(2)10-11-18(27)23(22)24-28-12-6-13-29-24/h3-4,6,8-13,16,20H,5,7,14-15H2,1-2H3,(H,30,31). The summed E-state index contributed by atoms with van der Waals surface area (Å²) in [7, 11) is 0. The molecule has 1 saturated heterocycles. The summed E-state index contributed by atoms with van der Waals surface area (Å²) in [5.41, 5.74) is 2.63. The summed E-state index contributed by atoms with van der Waals surface area (Å²) < 4.78 is 20.8. The Hall–Kier alpha value is -3.81. The van der Waals surface area contributed by atoms with Gasteiger partial charge in [-0.2, -0.15) is 4.98 Å². The number of carbonyl (C=O) groups excluding carboxylic acids is 1. The van der Waals surface area contributed by atoms with E-state index < -0.39 is 5.82 Å². The molecule has 1 N–H and O–H groups in total. The van der Waals surface area contributed by atoms with Crippen molar-refractivity contribution >= 4 is 23.0 Å². The third kappa shape index (κ3) is 4.11. The molecular formula is C26H26FN5O2. The van der Waals surface area contributed by atoms with Gasteiger partial charge in [0.25, 0.3) is 11.9 Å². The van der Waals surface area contributed by atoms with Crippen LogP contribution in [0.2, 0.25) is 0 Å². The van der Waals surface area contributed by atoms with Crippen molar-refractivity contribution in [3.05, 3.63) is 71.8 Å². The zero-order valence-corrected chi connectivity index (χ0v) is 19.2. The van der Waals surface area contributed by atoms with Crippen molar-refractivity contribution in [1.29, 1.82) is 0 Å². The van der Waals surface area contributed by atoms with Crippen LogP contribution in [0.25, 0.3) is 22.5 Å². The van der Waals surface area contributed by atoms with E-state index in [0.717, 1.165) is 18.4 Å². The molecule has 1 aliphatic rings. The van der Waals surface area contributed by atoms with Crippen molar-refractivity contribution in [2.75, 3.05) is 18.4 Å². The fraction of sp³-hybridized carbons (Fsp3) is 0.308. The van der Waals surface area contributed by atoms with Gasteiger partial charge in [0.05, 0.1) is 17.2 Å². The van der Waals surface area contributed by atoms with Crippen molar-refractivity contribution in [3.8, 4) is 11.4 Å². The number of rotatable bonds is 5. The number of aryl methyl sites for hydroxylation is 1. The average Bonchev–Trinajstić information content (AvgIpc) is 3.27. The van der Waals surface area contributed by atoms with Gasteiger partial charge in [-0.15, -0.1) is 0 Å². The van der Waals surface area contributed by atoms with Gasteiger partial charge in [0, 0.05) is 25.5 Å². The van der Waals surface area contributed by atoms with Crippen LogP contribution in [-0.4, -0.2) is 44.9 Å². The zero-order valence-electron chi connectivity index (χ0n) is 19.2. The summed E-state index contributed by atoms with van der Waals surface area (Å²) in [6.07, 6.45) is 4.99. The molecule has 0 bridgehead atoms. The van der Waals surface area contributed by atoms with Gasteiger partial charge in [-0.3, -0.25) is 4.79 Å². The number of hydrogen-bond acceptors (Lipinski definition) is 6. The van der Waals surface area contributed by atoms with Crippen LogP contribution in [0.5, 0.6) is 0 Å². The van der Waals surface area contributed by atoms with Gasteiger partial charge in [0.1, 0.15) is 11.3 Å². The first kappa shape index (κ1) is 22.0. The fourth-order valence-electron chi connectivity index (χ4n) is 4.70. The van der Waals surface area contributed by atoms with E-state index >= 15 is 4.39 Å². The Morgan fingerprint density at radius 3 is 2.76 bits per heavy atom. The maximum absolute atomic E-state index is 15.0. The molecule has 7 nitrogen and oxygen atoms in total. The summed E-state index contributed by atoms with van der Waals surface area (Å²) in [5.74, 6) is -0.264. The number of anilines is 1. The van der Waals surface area contributed by atoms with E-state index in [1.165, 1.54) is 6.07 Å². The first-order valence-corrected chi connectivity index (χ1v) is 11.5. The van der Waals surface area contributed by atoms with E-state index in [-0.39, 0.29) is 29.3 Å². The lowest BCUT2D eigenvalue weighted by Gasteiger charge is -2.40. The topological polar surface area (TPSA) is 84.2 Å². The molecule has 1 aliphatic heterocycles. The van der Waals surface area contributed by atoms with Gasteiger partial charge in [0.15, 0.2) is 11.4 Å². The van der Waals surface area contributed by atoms with Crippen LogP contribution in [0.3, 0.4) is 0 Å². The third-order valence-corrected chi connectivity index (χ3v) is 6.50. The Balaban J connectivity index is 1.46. The first-order valence-electron chi connectivity index (χ1n) is 11.5. The third-order valence-electron chi connectivity index (χ3n) is 6.50. The number of hydrogen-bond donors (Lipinski definition) is 1. The largest absolute Gasteiger partial charge is 0.424 e. The number of likely N-dealkylation sites (tertiary alicyclic amines) is 1. The van der Waals surface area contributed by atoms with E-state index in [4.69, 9.17) is 4.42 Å². The molecule has 0 saturated carbocycles. The Morgan fingerprint density at radius 1 is 1.18 bits per heavy atom. The Kier molecular flexibility index (Phi) is 5.96. The van der Waals surface area contributed by atoms with Crippen molar-refractivity contribution in [2.45, 2.75) is 32.7 Å². The Labute approximate surface area is 197 Å². The van der Waals surface area contributed by atoms with Gasteiger partial charge in [0.2, 0.25) is 0 Å². The highest BCUT2D eigenvalue weighted by Crippen LogP contribution is 2.32. The number of carbonyl (C=O) groups is 1. The van der Waals surface area contributed by atoms with Gasteiger partial charge in [-0.25, -0.2) is 14.4 Å². The molecule has 0 radical (unpaired) electrons. The van der Waals surface area contributed by atoms with Gasteiger partial charge >= 0.3 is 0 Å². The minimum atomic E-state index is -0.508. The molecular weight excluding hydrogens is 433 g/mol. The normalized spacial score (nSPS) is 18.3. The van der Waals surface area contributed by atoms with Crippen LogP contribution < -0.4 is 5.32 Å². The van der Waals surface area contributed by atoms with Crippen LogP contribution >= 0.6 is 0 Å². The van der Waals surface area contributed by atoms with E-state index in [2.05, 4.69) is 27.2 Å². The Bertz CT molecular complexity index is 1290. The second-order valence-corrected chi connectivity index (χ2v) is 8.74. The number of fused-ring (bicyclic) bond motifs is 1. The first-order chi connectivity index (χ1) is 16.5. The lowest BCUT2D eigenvalue weighted by molar-refractivity contribution is 0.0539. The molecule has 4 aromatic rings. The SMILES string of the molecule is Cc1ccc(F)c(-c2ncccn2)c1C(=O)N1CCCC(C)C1CNc1nc2ccccc2o1. The molecule has 1 amide bonds. The predicted molar refractivity (Wildman–Crippen MR) is 128 cm³/mol. The number of nitrogens with one attached hydrogen (secondary N) is 1. The second-order valence-electron chi connectivity index (χ2n) is 8.74. The molecule has 2 aromatic heterocycles. The molecule has 8 heteroatoms. The molecule has 2 aromatic carbocycles. The Morgan fingerprint density at radius 2 is 1.97 bits per heavy atom. The highest BCUT2D eigenvalue weighted by atomic mass is 19.1. The number of para-hydroxylation sites is 2. The summed E-state index contributed by atoms with van der Waals surface area (Å²) >= 11 is 0. The van der Waals surface area contributed by atoms with Crippen LogP contribution in [-0.2, 0) is 0 Å². The molecule has 5 rings (SSSR count). The smallest absolute Gasteiger partial charge is 0.295 e. The summed E-state index contributed by atoms with van der Waals surface area (Å²) in [4.78, 5) is 28.7. The van der Waals surface area contributed by atoms with Crippen molar-refractivity contribution in [2.24, 2.45) is 5.92 Å². The van der Waals surface area contributed by atoms with Crippen molar-refractivity contribution in [1.82, 2.24) is 19.9 Å². The zero-order chi connectivity index (χ0) is 23.7. The molecule has 174 valence electrons. The summed E-state index contributed by atoms with van der Waals surface area (Å²) in [6, 6.07) is 12.5. The monoisotopic (exact) mass is 459 g/mol. The number of amides is 1. The van der Waals surface area contributed by atoms with Crippen LogP contribution in [0, 0.1) is 18.7 Å². The predicted octanol–water partition coefficient (Wildman–Crippen LogP) is 5.09. The molecule has 34 heavy (non-hydrogen) atoms. The van der Waals surface area contributed by atoms with Gasteiger partial charge < -0.3 is 14.6 Å². The molecule has 3 heterocycles. The maximum Gasteiger partial charge on any atom is 0.295 e. The molecule has 2 atom stereocenters. The van der Waals surface area contributed by atoms with Gasteiger partial charge in [-0.1, -0.05) is 25.1 Å². The molecule has 1 fully saturated rings. The number of piperidine rings is 1. The van der Waals surface area contributed by atoms with Gasteiger partial charge in [-0.05, 0) is 55.5 Å². The number of oxazole rings is 1. The molecule has 2 unspecified atom stereocenters. The average molecular weight is 460 g/mol. The summed E-state index contributed by atoms with van der Waals surface area (Å²) in [6.45, 7) is 5.02. The minimum Gasteiger partial charge on any atom is -0.424 e. The van der Waals surface area contributed by atoms with Crippen LogP contribution in [0.15, 0.2) is 59.3 Å². The van der Waals surface area contributed by atoms with Crippen molar-refractivity contribution < 1.29 is 13.6 Å². The van der Waals surface area contributed by atoms with E-state index in [1.54, 1.807) is 24.5 Å². The fourth-order valence-corrected chi connectivity index (χ4v) is 4.70. The molecule has 0 aliphatic carbocycles. The molecule has 0 spiro atoms. The van der Waals surface area contributed by atoms with Crippen molar-refractivity contribution in [3.63, 3.8) is 0 Å². The lowest BCUT2D eigenvalue weighted by Crippen LogP contribution is -2.51. The van der Waals surface area contributed by atoms with Crippen LogP contribution in [0.1, 0.15) is 35.7 Å². The lowest BCUT2D eigenvalue weighted by atomic mass is 9.89. The number of benzene rings is 2. The minimum absolute atomic E-state index is 0.108. The van der Waals surface area contributed by atoms with E-state index in [1.807, 2.05) is 36.1 Å². The van der Waals surface area contributed by atoms with E-state index in [9.17, 15) is 4.79 Å².